The van der Waals surface area contributed by atoms with E-state index in [1.54, 1.807) is 0 Å². The fourth-order valence-corrected chi connectivity index (χ4v) is 2.07. The fourth-order valence-electron chi connectivity index (χ4n) is 2.07. The number of nitrogens with one attached hydrogen (secondary N) is 1. The predicted molar refractivity (Wildman–Crippen MR) is 54.5 cm³/mol. The first-order valence-electron chi connectivity index (χ1n) is 5.24. The smallest absolute Gasteiger partial charge is 0.307 e. The number of halogens is 3. The van der Waals surface area contributed by atoms with Crippen molar-refractivity contribution < 1.29 is 28.2 Å². The zero-order valence-electron chi connectivity index (χ0n) is 9.08. The molecule has 3 N–H and O–H groups in total. The first-order chi connectivity index (χ1) is 8.41. The van der Waals surface area contributed by atoms with Crippen molar-refractivity contribution in [1.82, 2.24) is 5.32 Å². The SMILES string of the molecule is O=C(O)C1CNC(c2c(O)c(F)cc(F)c2F)C1. The van der Waals surface area contributed by atoms with Crippen molar-refractivity contribution in [3.8, 4) is 5.75 Å². The van der Waals surface area contributed by atoms with Crippen molar-refractivity contribution in [2.24, 2.45) is 5.92 Å². The molecular weight excluding hydrogens is 251 g/mol. The summed E-state index contributed by atoms with van der Waals surface area (Å²) in [7, 11) is 0. The molecule has 4 nitrogen and oxygen atoms in total. The summed E-state index contributed by atoms with van der Waals surface area (Å²) in [6, 6.07) is -0.672. The third-order valence-electron chi connectivity index (χ3n) is 3.01. The molecule has 0 saturated carbocycles. The molecule has 1 aliphatic rings. The summed E-state index contributed by atoms with van der Waals surface area (Å²) in [5.74, 6) is -6.90. The maximum atomic E-state index is 13.5. The van der Waals surface area contributed by atoms with Gasteiger partial charge in [-0.25, -0.2) is 13.2 Å². The molecular formula is C11H10F3NO3. The standard InChI is InChI=1S/C11H10F3NO3/c12-5-2-6(13)10(16)8(9(5)14)7-1-4(3-15-7)11(17)18/h2,4,7,15-16H,1,3H2,(H,17,18). The van der Waals surface area contributed by atoms with Crippen LogP contribution in [0.3, 0.4) is 0 Å². The van der Waals surface area contributed by atoms with Gasteiger partial charge in [0, 0.05) is 18.7 Å². The number of rotatable bonds is 2. The van der Waals surface area contributed by atoms with Gasteiger partial charge in [-0.2, -0.15) is 0 Å². The second-order valence-corrected chi connectivity index (χ2v) is 4.15. The number of phenols is 1. The van der Waals surface area contributed by atoms with Gasteiger partial charge >= 0.3 is 5.97 Å². The van der Waals surface area contributed by atoms with E-state index in [1.807, 2.05) is 0 Å². The fraction of sp³-hybridized carbons (Fsp3) is 0.364. The number of phenolic OH excluding ortho intramolecular Hbond substituents is 1. The predicted octanol–water partition coefficient (Wildman–Crippen LogP) is 1.54. The van der Waals surface area contributed by atoms with Crippen molar-refractivity contribution in [2.75, 3.05) is 6.54 Å². The lowest BCUT2D eigenvalue weighted by Crippen LogP contribution is -2.18. The summed E-state index contributed by atoms with van der Waals surface area (Å²) in [6.45, 7) is 0.0526. The lowest BCUT2D eigenvalue weighted by atomic mass is 9.98. The zero-order chi connectivity index (χ0) is 13.4. The van der Waals surface area contributed by atoms with Crippen LogP contribution in [0.15, 0.2) is 6.07 Å². The maximum absolute atomic E-state index is 13.5. The van der Waals surface area contributed by atoms with Crippen molar-refractivity contribution in [3.05, 3.63) is 29.1 Å². The van der Waals surface area contributed by atoms with E-state index in [1.165, 1.54) is 0 Å². The van der Waals surface area contributed by atoms with E-state index >= 15 is 0 Å². The molecule has 1 fully saturated rings. The van der Waals surface area contributed by atoms with Gasteiger partial charge in [0.1, 0.15) is 0 Å². The molecule has 1 saturated heterocycles. The summed E-state index contributed by atoms with van der Waals surface area (Å²) in [4.78, 5) is 10.7. The average molecular weight is 261 g/mol. The van der Waals surface area contributed by atoms with Crippen LogP contribution in [-0.4, -0.2) is 22.7 Å². The minimum Gasteiger partial charge on any atom is -0.505 e. The summed E-state index contributed by atoms with van der Waals surface area (Å²) in [6.07, 6.45) is -0.0390. The number of aromatic hydroxyl groups is 1. The Morgan fingerprint density at radius 1 is 1.33 bits per heavy atom. The van der Waals surface area contributed by atoms with E-state index < -0.39 is 46.7 Å². The molecule has 98 valence electrons. The molecule has 0 aliphatic carbocycles. The topological polar surface area (TPSA) is 69.6 Å². The number of benzene rings is 1. The van der Waals surface area contributed by atoms with Gasteiger partial charge in [-0.3, -0.25) is 4.79 Å². The third kappa shape index (κ3) is 2.01. The first kappa shape index (κ1) is 12.7. The van der Waals surface area contributed by atoms with Crippen LogP contribution in [0.5, 0.6) is 5.75 Å². The number of carboxylic acids is 1. The van der Waals surface area contributed by atoms with Gasteiger partial charge in [0.15, 0.2) is 23.2 Å². The Kier molecular flexibility index (Phi) is 3.16. The minimum absolute atomic E-state index is 0.0390. The van der Waals surface area contributed by atoms with E-state index in [0.29, 0.717) is 0 Å². The molecule has 0 spiro atoms. The Morgan fingerprint density at radius 2 is 2.00 bits per heavy atom. The van der Waals surface area contributed by atoms with Gasteiger partial charge < -0.3 is 15.5 Å². The van der Waals surface area contributed by atoms with Crippen LogP contribution in [0.4, 0.5) is 13.2 Å². The van der Waals surface area contributed by atoms with Crippen molar-refractivity contribution in [3.63, 3.8) is 0 Å². The Morgan fingerprint density at radius 3 is 2.56 bits per heavy atom. The van der Waals surface area contributed by atoms with Crippen LogP contribution >= 0.6 is 0 Å². The highest BCUT2D eigenvalue weighted by Gasteiger charge is 2.34. The Labute approximate surface area is 100 Å². The van der Waals surface area contributed by atoms with Gasteiger partial charge in [0.05, 0.1) is 11.5 Å². The molecule has 1 aromatic carbocycles. The second kappa shape index (κ2) is 4.49. The van der Waals surface area contributed by atoms with Crippen molar-refractivity contribution in [1.29, 1.82) is 0 Å². The van der Waals surface area contributed by atoms with Crippen LogP contribution in [-0.2, 0) is 4.79 Å². The molecule has 1 aromatic rings. The number of hydrogen-bond acceptors (Lipinski definition) is 3. The lowest BCUT2D eigenvalue weighted by Gasteiger charge is -2.14. The molecule has 2 rings (SSSR count). The Hall–Kier alpha value is -1.76. The number of aliphatic carboxylic acids is 1. The summed E-state index contributed by atoms with van der Waals surface area (Å²) < 4.78 is 39.7. The number of carbonyl (C=O) groups is 1. The van der Waals surface area contributed by atoms with Crippen LogP contribution in [0.25, 0.3) is 0 Å². The highest BCUT2D eigenvalue weighted by Crippen LogP contribution is 2.37. The zero-order valence-corrected chi connectivity index (χ0v) is 9.08. The molecule has 0 amide bonds. The highest BCUT2D eigenvalue weighted by molar-refractivity contribution is 5.71. The van der Waals surface area contributed by atoms with Gasteiger partial charge in [-0.15, -0.1) is 0 Å². The summed E-state index contributed by atoms with van der Waals surface area (Å²) in [5, 5.41) is 20.8. The monoisotopic (exact) mass is 261 g/mol. The Bertz CT molecular complexity index is 481. The van der Waals surface area contributed by atoms with Gasteiger partial charge in [-0.1, -0.05) is 0 Å². The molecule has 1 heterocycles. The molecule has 7 heteroatoms. The quantitative estimate of drug-likeness (QED) is 0.706. The van der Waals surface area contributed by atoms with Crippen LogP contribution in [0.1, 0.15) is 18.0 Å². The molecule has 0 aromatic heterocycles. The normalized spacial score (nSPS) is 23.3. The molecule has 2 unspecified atom stereocenters. The Balaban J connectivity index is 2.38. The van der Waals surface area contributed by atoms with E-state index in [4.69, 9.17) is 5.11 Å². The molecule has 1 aliphatic heterocycles. The average Bonchev–Trinajstić information content (AvgIpc) is 2.76. The largest absolute Gasteiger partial charge is 0.505 e. The molecule has 0 radical (unpaired) electrons. The van der Waals surface area contributed by atoms with Gasteiger partial charge in [0.25, 0.3) is 0 Å². The molecule has 0 bridgehead atoms. The number of hydrogen-bond donors (Lipinski definition) is 3. The molecule has 18 heavy (non-hydrogen) atoms. The van der Waals surface area contributed by atoms with E-state index in [2.05, 4.69) is 5.32 Å². The lowest BCUT2D eigenvalue weighted by molar-refractivity contribution is -0.141. The summed E-state index contributed by atoms with van der Waals surface area (Å²) >= 11 is 0. The maximum Gasteiger partial charge on any atom is 0.307 e. The van der Waals surface area contributed by atoms with E-state index in [0.717, 1.165) is 0 Å². The van der Waals surface area contributed by atoms with Gasteiger partial charge in [-0.05, 0) is 6.42 Å². The van der Waals surface area contributed by atoms with E-state index in [-0.39, 0.29) is 19.0 Å². The van der Waals surface area contributed by atoms with E-state index in [9.17, 15) is 23.1 Å². The number of carboxylic acid groups (broad SMARTS) is 1. The second-order valence-electron chi connectivity index (χ2n) is 4.15. The third-order valence-corrected chi connectivity index (χ3v) is 3.01. The van der Waals surface area contributed by atoms with Crippen molar-refractivity contribution >= 4 is 5.97 Å². The van der Waals surface area contributed by atoms with Crippen LogP contribution in [0, 0.1) is 23.4 Å². The summed E-state index contributed by atoms with van der Waals surface area (Å²) in [5.41, 5.74) is -0.559. The van der Waals surface area contributed by atoms with Crippen molar-refractivity contribution in [2.45, 2.75) is 12.5 Å². The molecule has 2 atom stereocenters. The van der Waals surface area contributed by atoms with Gasteiger partial charge in [0.2, 0.25) is 0 Å². The van der Waals surface area contributed by atoms with Crippen LogP contribution in [0.2, 0.25) is 0 Å². The minimum atomic E-state index is -1.42. The van der Waals surface area contributed by atoms with Crippen LogP contribution < -0.4 is 5.32 Å². The highest BCUT2D eigenvalue weighted by atomic mass is 19.2. The first-order valence-corrected chi connectivity index (χ1v) is 5.24.